The molecule has 1 amide bonds. The number of amides is 1. The largest absolute Gasteiger partial charge is 0.368 e. The lowest BCUT2D eigenvalue weighted by atomic mass is 10.1. The third-order valence-corrected chi connectivity index (χ3v) is 5.00. The fourth-order valence-electron chi connectivity index (χ4n) is 3.57. The summed E-state index contributed by atoms with van der Waals surface area (Å²) >= 11 is 0. The minimum absolute atomic E-state index is 0.224. The summed E-state index contributed by atoms with van der Waals surface area (Å²) in [5.41, 5.74) is 3.93. The zero-order chi connectivity index (χ0) is 18.5. The summed E-state index contributed by atoms with van der Waals surface area (Å²) in [4.78, 5) is 21.1. The Morgan fingerprint density at radius 3 is 2.46 bits per heavy atom. The molecule has 0 unspecified atom stereocenters. The Balaban J connectivity index is 1.46. The summed E-state index contributed by atoms with van der Waals surface area (Å²) in [7, 11) is 0. The van der Waals surface area contributed by atoms with Gasteiger partial charge in [0.1, 0.15) is 0 Å². The third kappa shape index (κ3) is 4.23. The molecule has 2 aromatic rings. The molecule has 26 heavy (non-hydrogen) atoms. The number of piperazine rings is 1. The molecule has 1 fully saturated rings. The highest BCUT2D eigenvalue weighted by molar-refractivity contribution is 5.76. The van der Waals surface area contributed by atoms with Gasteiger partial charge in [-0.15, -0.1) is 0 Å². The molecule has 6 nitrogen and oxygen atoms in total. The number of aryl methyl sites for hydroxylation is 4. The molecule has 1 aliphatic heterocycles. The van der Waals surface area contributed by atoms with Gasteiger partial charge in [0.25, 0.3) is 0 Å². The minimum atomic E-state index is 0.224. The van der Waals surface area contributed by atoms with Crippen LogP contribution in [0, 0.1) is 13.8 Å². The Morgan fingerprint density at radius 1 is 1.15 bits per heavy atom. The fraction of sp³-hybridized carbons (Fsp3) is 0.550. The Morgan fingerprint density at radius 2 is 1.85 bits per heavy atom. The smallest absolute Gasteiger partial charge is 0.226 e. The molecular weight excluding hydrogens is 328 g/mol. The van der Waals surface area contributed by atoms with Gasteiger partial charge in [0, 0.05) is 51.1 Å². The van der Waals surface area contributed by atoms with E-state index in [9.17, 15) is 4.79 Å². The van der Waals surface area contributed by atoms with E-state index in [4.69, 9.17) is 4.52 Å². The Bertz CT molecular complexity index is 728. The van der Waals surface area contributed by atoms with Crippen LogP contribution >= 0.6 is 0 Å². The van der Waals surface area contributed by atoms with Crippen LogP contribution in [0.15, 0.2) is 22.7 Å². The molecule has 0 N–H and O–H groups in total. The van der Waals surface area contributed by atoms with Gasteiger partial charge in [-0.1, -0.05) is 30.3 Å². The predicted molar refractivity (Wildman–Crippen MR) is 101 cm³/mol. The number of hydrogen-bond donors (Lipinski definition) is 0. The minimum Gasteiger partial charge on any atom is -0.368 e. The summed E-state index contributed by atoms with van der Waals surface area (Å²) in [6, 6.07) is 6.41. The molecule has 0 saturated carbocycles. The monoisotopic (exact) mass is 356 g/mol. The van der Waals surface area contributed by atoms with Crippen molar-refractivity contribution in [2.24, 2.45) is 0 Å². The molecule has 3 rings (SSSR count). The molecule has 0 aliphatic carbocycles. The van der Waals surface area contributed by atoms with Gasteiger partial charge in [-0.2, -0.15) is 4.98 Å². The second-order valence-corrected chi connectivity index (χ2v) is 6.92. The Hall–Kier alpha value is -2.37. The van der Waals surface area contributed by atoms with Crippen LogP contribution in [-0.4, -0.2) is 47.1 Å². The van der Waals surface area contributed by atoms with E-state index in [1.165, 1.54) is 16.8 Å². The first-order chi connectivity index (χ1) is 12.6. The fourth-order valence-corrected chi connectivity index (χ4v) is 3.57. The van der Waals surface area contributed by atoms with Crippen LogP contribution in [0.25, 0.3) is 0 Å². The molecule has 1 aliphatic rings. The van der Waals surface area contributed by atoms with Crippen LogP contribution in [0.5, 0.6) is 0 Å². The lowest BCUT2D eigenvalue weighted by Crippen LogP contribution is -2.49. The highest BCUT2D eigenvalue weighted by Crippen LogP contribution is 2.25. The molecule has 1 saturated heterocycles. The van der Waals surface area contributed by atoms with Crippen molar-refractivity contribution in [2.75, 3.05) is 31.1 Å². The van der Waals surface area contributed by atoms with Crippen LogP contribution in [0.3, 0.4) is 0 Å². The van der Waals surface area contributed by atoms with Crippen LogP contribution in [-0.2, 0) is 17.6 Å². The highest BCUT2D eigenvalue weighted by atomic mass is 16.5. The van der Waals surface area contributed by atoms with E-state index in [1.54, 1.807) is 0 Å². The maximum Gasteiger partial charge on any atom is 0.226 e. The van der Waals surface area contributed by atoms with Crippen molar-refractivity contribution >= 4 is 11.6 Å². The van der Waals surface area contributed by atoms with E-state index in [-0.39, 0.29) is 5.91 Å². The van der Waals surface area contributed by atoms with Crippen LogP contribution < -0.4 is 4.90 Å². The lowest BCUT2D eigenvalue weighted by Gasteiger charge is -2.37. The van der Waals surface area contributed by atoms with Gasteiger partial charge < -0.3 is 14.3 Å². The summed E-state index contributed by atoms with van der Waals surface area (Å²) in [6.07, 6.45) is 2.72. The average Bonchev–Trinajstić information content (AvgIpc) is 3.10. The Kier molecular flexibility index (Phi) is 5.91. The van der Waals surface area contributed by atoms with Crippen LogP contribution in [0.4, 0.5) is 5.69 Å². The maximum atomic E-state index is 12.5. The van der Waals surface area contributed by atoms with Gasteiger partial charge >= 0.3 is 0 Å². The molecule has 1 aromatic carbocycles. The van der Waals surface area contributed by atoms with Gasteiger partial charge in [0.2, 0.25) is 11.8 Å². The first kappa shape index (κ1) is 18.4. The molecule has 6 heteroatoms. The van der Waals surface area contributed by atoms with E-state index < -0.39 is 0 Å². The zero-order valence-corrected chi connectivity index (χ0v) is 16.0. The third-order valence-electron chi connectivity index (χ3n) is 5.00. The molecule has 1 aromatic heterocycles. The van der Waals surface area contributed by atoms with Crippen molar-refractivity contribution in [2.45, 2.75) is 46.5 Å². The zero-order valence-electron chi connectivity index (χ0n) is 16.0. The number of nitrogens with zero attached hydrogens (tertiary/aromatic N) is 4. The van der Waals surface area contributed by atoms with E-state index in [1.807, 2.05) is 11.8 Å². The van der Waals surface area contributed by atoms with Gasteiger partial charge in [0.15, 0.2) is 5.82 Å². The standard InChI is InChI=1S/C20H28N4O2/c1-4-17-21-18(26-22-17)9-6-10-19(25)23-11-13-24(14-12-23)20-15(2)7-5-8-16(20)3/h5,7-8H,4,6,9-14H2,1-3H3. The first-order valence-corrected chi connectivity index (χ1v) is 9.49. The molecular formula is C20H28N4O2. The van der Waals surface area contributed by atoms with Crippen molar-refractivity contribution in [3.63, 3.8) is 0 Å². The predicted octanol–water partition coefficient (Wildman–Crippen LogP) is 2.92. The van der Waals surface area contributed by atoms with Gasteiger partial charge in [0.05, 0.1) is 0 Å². The molecule has 0 bridgehead atoms. The molecule has 140 valence electrons. The number of rotatable bonds is 6. The lowest BCUT2D eigenvalue weighted by molar-refractivity contribution is -0.131. The molecule has 2 heterocycles. The van der Waals surface area contributed by atoms with Crippen molar-refractivity contribution in [3.05, 3.63) is 41.0 Å². The number of hydrogen-bond acceptors (Lipinski definition) is 5. The van der Waals surface area contributed by atoms with Crippen molar-refractivity contribution in [1.82, 2.24) is 15.0 Å². The van der Waals surface area contributed by atoms with E-state index in [0.717, 1.165) is 44.8 Å². The summed E-state index contributed by atoms with van der Waals surface area (Å²) < 4.78 is 5.18. The topological polar surface area (TPSA) is 62.5 Å². The number of benzene rings is 1. The molecule has 0 radical (unpaired) electrons. The quantitative estimate of drug-likeness (QED) is 0.796. The van der Waals surface area contributed by atoms with Gasteiger partial charge in [-0.05, 0) is 31.4 Å². The number of carbonyl (C=O) groups is 1. The molecule has 0 atom stereocenters. The van der Waals surface area contributed by atoms with Crippen molar-refractivity contribution in [1.29, 1.82) is 0 Å². The number of carbonyl (C=O) groups excluding carboxylic acids is 1. The van der Waals surface area contributed by atoms with E-state index >= 15 is 0 Å². The second-order valence-electron chi connectivity index (χ2n) is 6.92. The highest BCUT2D eigenvalue weighted by Gasteiger charge is 2.22. The van der Waals surface area contributed by atoms with Crippen LogP contribution in [0.1, 0.15) is 42.6 Å². The van der Waals surface area contributed by atoms with Crippen LogP contribution in [0.2, 0.25) is 0 Å². The first-order valence-electron chi connectivity index (χ1n) is 9.49. The summed E-state index contributed by atoms with van der Waals surface area (Å²) in [5, 5.41) is 3.89. The number of para-hydroxylation sites is 1. The molecule has 0 spiro atoms. The Labute approximate surface area is 155 Å². The van der Waals surface area contributed by atoms with Crippen molar-refractivity contribution in [3.8, 4) is 0 Å². The normalized spacial score (nSPS) is 14.7. The maximum absolute atomic E-state index is 12.5. The van der Waals surface area contributed by atoms with Gasteiger partial charge in [-0.25, -0.2) is 0 Å². The second kappa shape index (κ2) is 8.34. The summed E-state index contributed by atoms with van der Waals surface area (Å²) in [6.45, 7) is 9.65. The van der Waals surface area contributed by atoms with E-state index in [0.29, 0.717) is 18.7 Å². The van der Waals surface area contributed by atoms with Gasteiger partial charge in [-0.3, -0.25) is 4.79 Å². The average molecular weight is 356 g/mol. The van der Waals surface area contributed by atoms with Crippen molar-refractivity contribution < 1.29 is 9.32 Å². The van der Waals surface area contributed by atoms with E-state index in [2.05, 4.69) is 47.1 Å². The number of anilines is 1. The summed E-state index contributed by atoms with van der Waals surface area (Å²) in [5.74, 6) is 1.59. The SMILES string of the molecule is CCc1noc(CCCC(=O)N2CCN(c3c(C)cccc3C)CC2)n1. The number of aromatic nitrogens is 2.